The minimum atomic E-state index is -0.368. The first-order chi connectivity index (χ1) is 12.2. The largest absolute Gasteiger partial charge is 0.466 e. The number of benzene rings is 1. The van der Waals surface area contributed by atoms with Gasteiger partial charge in [-0.15, -0.1) is 14.6 Å². The van der Waals surface area contributed by atoms with Gasteiger partial charge in [0.05, 0.1) is 13.7 Å². The van der Waals surface area contributed by atoms with Crippen molar-refractivity contribution in [2.45, 2.75) is 13.1 Å². The van der Waals surface area contributed by atoms with Crippen LogP contribution in [0.5, 0.6) is 6.01 Å². The summed E-state index contributed by atoms with van der Waals surface area (Å²) < 4.78 is 24.0. The molecule has 1 aliphatic heterocycles. The van der Waals surface area contributed by atoms with Gasteiger partial charge in [0.15, 0.2) is 16.7 Å². The third-order valence-corrected chi connectivity index (χ3v) is 4.61. The second-order valence-corrected chi connectivity index (χ2v) is 6.16. The lowest BCUT2D eigenvalue weighted by atomic mass is 10.2. The van der Waals surface area contributed by atoms with Gasteiger partial charge in [0.1, 0.15) is 5.82 Å². The summed E-state index contributed by atoms with van der Waals surface area (Å²) in [5, 5.41) is 8.96. The third kappa shape index (κ3) is 2.84. The molecule has 2 aromatic heterocycles. The Morgan fingerprint density at radius 2 is 2.04 bits per heavy atom. The lowest BCUT2D eigenvalue weighted by Gasteiger charge is -2.27. The molecule has 4 rings (SSSR count). The van der Waals surface area contributed by atoms with Gasteiger partial charge in [0, 0.05) is 18.7 Å². The number of ether oxygens (including phenoxy) is 1. The first kappa shape index (κ1) is 15.6. The van der Waals surface area contributed by atoms with Crippen molar-refractivity contribution in [3.8, 4) is 16.8 Å². The third-order valence-electron chi connectivity index (χ3n) is 3.91. The number of fused-ring (bicyclic) bond motifs is 1. The predicted octanol–water partition coefficient (Wildman–Crippen LogP) is 1.60. The maximum atomic E-state index is 13.0. The monoisotopic (exact) mass is 360 g/mol. The van der Waals surface area contributed by atoms with Gasteiger partial charge < -0.3 is 14.2 Å². The first-order valence-corrected chi connectivity index (χ1v) is 8.28. The molecule has 0 saturated heterocycles. The molecule has 0 unspecified atom stereocenters. The Bertz CT molecular complexity index is 923. The molecule has 0 atom stereocenters. The number of methoxy groups -OCH3 is 1. The number of carbonyl (C=O) groups is 1. The van der Waals surface area contributed by atoms with E-state index in [1.54, 1.807) is 4.90 Å². The maximum absolute atomic E-state index is 13.0. The molecule has 1 amide bonds. The predicted molar refractivity (Wildman–Crippen MR) is 86.6 cm³/mol. The normalized spacial score (nSPS) is 13.6. The van der Waals surface area contributed by atoms with Gasteiger partial charge in [0.25, 0.3) is 5.91 Å². The molecule has 128 valence electrons. The molecule has 0 fully saturated rings. The van der Waals surface area contributed by atoms with Crippen LogP contribution in [0.25, 0.3) is 10.8 Å². The Labute approximate surface area is 146 Å². The van der Waals surface area contributed by atoms with E-state index in [1.165, 1.54) is 42.9 Å². The SMILES string of the molecule is COc1nsc(-c2nnc3n2CCN(C(=O)c2ccc(F)cc2)C3)n1. The number of nitrogens with zero attached hydrogens (tertiary/aromatic N) is 6. The summed E-state index contributed by atoms with van der Waals surface area (Å²) in [7, 11) is 1.50. The Hall–Kier alpha value is -2.88. The summed E-state index contributed by atoms with van der Waals surface area (Å²) in [6, 6.07) is 5.81. The zero-order chi connectivity index (χ0) is 17.4. The van der Waals surface area contributed by atoms with Crippen molar-refractivity contribution in [2.75, 3.05) is 13.7 Å². The Morgan fingerprint density at radius 1 is 1.24 bits per heavy atom. The number of halogens is 1. The summed E-state index contributed by atoms with van der Waals surface area (Å²) in [5.74, 6) is 0.760. The topological polar surface area (TPSA) is 86.0 Å². The standard InChI is InChI=1S/C15H13FN6O2S/c1-24-15-17-13(25-20-15)12-19-18-11-8-21(6-7-22(11)12)14(23)9-2-4-10(16)5-3-9/h2-5H,6-8H2,1H3. The van der Waals surface area contributed by atoms with E-state index in [4.69, 9.17) is 4.74 Å². The molecule has 3 aromatic rings. The zero-order valence-corrected chi connectivity index (χ0v) is 14.0. The summed E-state index contributed by atoms with van der Waals surface area (Å²) in [6.07, 6.45) is 0. The molecular formula is C15H13FN6O2S. The molecule has 0 radical (unpaired) electrons. The molecule has 0 spiro atoms. The van der Waals surface area contributed by atoms with Gasteiger partial charge in [-0.05, 0) is 35.8 Å². The number of rotatable bonds is 3. The summed E-state index contributed by atoms with van der Waals surface area (Å²) in [6.45, 7) is 1.38. The minimum absolute atomic E-state index is 0.159. The average molecular weight is 360 g/mol. The van der Waals surface area contributed by atoms with E-state index < -0.39 is 0 Å². The van der Waals surface area contributed by atoms with E-state index in [1.807, 2.05) is 4.57 Å². The molecule has 0 bridgehead atoms. The highest BCUT2D eigenvalue weighted by atomic mass is 32.1. The number of hydrogen-bond acceptors (Lipinski definition) is 7. The lowest BCUT2D eigenvalue weighted by Crippen LogP contribution is -2.38. The van der Waals surface area contributed by atoms with Crippen LogP contribution in [-0.2, 0) is 13.1 Å². The van der Waals surface area contributed by atoms with Gasteiger partial charge in [-0.2, -0.15) is 4.98 Å². The maximum Gasteiger partial charge on any atom is 0.328 e. The van der Waals surface area contributed by atoms with Crippen molar-refractivity contribution in [1.82, 2.24) is 29.0 Å². The molecule has 1 aromatic carbocycles. The van der Waals surface area contributed by atoms with Crippen LogP contribution < -0.4 is 4.74 Å². The van der Waals surface area contributed by atoms with Crippen molar-refractivity contribution in [1.29, 1.82) is 0 Å². The van der Waals surface area contributed by atoms with Crippen molar-refractivity contribution in [3.63, 3.8) is 0 Å². The van der Waals surface area contributed by atoms with Crippen LogP contribution in [0.15, 0.2) is 24.3 Å². The quantitative estimate of drug-likeness (QED) is 0.705. The average Bonchev–Trinajstić information content (AvgIpc) is 3.27. The summed E-state index contributed by atoms with van der Waals surface area (Å²) in [4.78, 5) is 18.5. The van der Waals surface area contributed by atoms with Crippen molar-refractivity contribution < 1.29 is 13.9 Å². The Kier molecular flexibility index (Phi) is 3.88. The van der Waals surface area contributed by atoms with Crippen LogP contribution in [0.1, 0.15) is 16.2 Å². The molecule has 0 aliphatic carbocycles. The molecular weight excluding hydrogens is 347 g/mol. The molecule has 0 saturated carbocycles. The van der Waals surface area contributed by atoms with Crippen molar-refractivity contribution in [2.24, 2.45) is 0 Å². The molecule has 8 nitrogen and oxygen atoms in total. The molecule has 0 N–H and O–H groups in total. The number of aromatic nitrogens is 5. The number of hydrogen-bond donors (Lipinski definition) is 0. The first-order valence-electron chi connectivity index (χ1n) is 7.50. The van der Waals surface area contributed by atoms with Crippen LogP contribution in [0.3, 0.4) is 0 Å². The number of amides is 1. The highest BCUT2D eigenvalue weighted by Gasteiger charge is 2.27. The highest BCUT2D eigenvalue weighted by Crippen LogP contribution is 2.25. The van der Waals surface area contributed by atoms with Gasteiger partial charge in [-0.3, -0.25) is 4.79 Å². The minimum Gasteiger partial charge on any atom is -0.466 e. The summed E-state index contributed by atoms with van der Waals surface area (Å²) >= 11 is 1.18. The van der Waals surface area contributed by atoms with E-state index in [9.17, 15) is 9.18 Å². The fourth-order valence-electron chi connectivity index (χ4n) is 2.65. The fourth-order valence-corrected chi connectivity index (χ4v) is 3.28. The van der Waals surface area contributed by atoms with Crippen LogP contribution in [0, 0.1) is 5.82 Å². The number of carbonyl (C=O) groups excluding carboxylic acids is 1. The molecule has 3 heterocycles. The molecule has 25 heavy (non-hydrogen) atoms. The van der Waals surface area contributed by atoms with Gasteiger partial charge in [-0.1, -0.05) is 0 Å². The smallest absolute Gasteiger partial charge is 0.328 e. The van der Waals surface area contributed by atoms with Crippen molar-refractivity contribution >= 4 is 17.4 Å². The zero-order valence-electron chi connectivity index (χ0n) is 13.2. The second-order valence-electron chi connectivity index (χ2n) is 5.41. The van der Waals surface area contributed by atoms with Gasteiger partial charge >= 0.3 is 6.01 Å². The Morgan fingerprint density at radius 3 is 2.76 bits per heavy atom. The summed E-state index contributed by atoms with van der Waals surface area (Å²) in [5.41, 5.74) is 0.448. The fraction of sp³-hybridized carbons (Fsp3) is 0.267. The van der Waals surface area contributed by atoms with E-state index in [0.717, 1.165) is 0 Å². The van der Waals surface area contributed by atoms with Crippen molar-refractivity contribution in [3.05, 3.63) is 41.5 Å². The molecule has 10 heteroatoms. The lowest BCUT2D eigenvalue weighted by molar-refractivity contribution is 0.0708. The highest BCUT2D eigenvalue weighted by molar-refractivity contribution is 7.09. The van der Waals surface area contributed by atoms with Crippen LogP contribution in [-0.4, -0.2) is 48.6 Å². The van der Waals surface area contributed by atoms with E-state index in [2.05, 4.69) is 19.6 Å². The molecule has 1 aliphatic rings. The van der Waals surface area contributed by atoms with Gasteiger partial charge in [-0.25, -0.2) is 4.39 Å². The van der Waals surface area contributed by atoms with Gasteiger partial charge in [0.2, 0.25) is 0 Å². The van der Waals surface area contributed by atoms with Crippen LogP contribution in [0.2, 0.25) is 0 Å². The van der Waals surface area contributed by atoms with E-state index in [0.29, 0.717) is 47.9 Å². The van der Waals surface area contributed by atoms with E-state index >= 15 is 0 Å². The Balaban J connectivity index is 1.56. The van der Waals surface area contributed by atoms with Crippen LogP contribution >= 0.6 is 11.5 Å². The van der Waals surface area contributed by atoms with E-state index in [-0.39, 0.29) is 11.7 Å². The van der Waals surface area contributed by atoms with Crippen LogP contribution in [0.4, 0.5) is 4.39 Å². The second kappa shape index (κ2) is 6.20.